The van der Waals surface area contributed by atoms with Crippen LogP contribution in [-0.2, 0) is 6.42 Å². The van der Waals surface area contributed by atoms with Crippen molar-refractivity contribution in [2.45, 2.75) is 37.0 Å². The van der Waals surface area contributed by atoms with Crippen molar-refractivity contribution in [3.05, 3.63) is 34.1 Å². The second-order valence-corrected chi connectivity index (χ2v) is 7.29. The van der Waals surface area contributed by atoms with Gasteiger partial charge in [-0.15, -0.1) is 0 Å². The lowest BCUT2D eigenvalue weighted by Gasteiger charge is -2.30. The molecule has 94 valence electrons. The molecular weight excluding hydrogens is 301 g/mol. The summed E-state index contributed by atoms with van der Waals surface area (Å²) in [4.78, 5) is 0. The molecule has 1 aliphatic rings. The fourth-order valence-corrected chi connectivity index (χ4v) is 4.09. The molecule has 0 saturated carbocycles. The Balaban J connectivity index is 2.10. The third kappa shape index (κ3) is 3.04. The first-order chi connectivity index (χ1) is 8.01. The number of hydrogen-bond acceptors (Lipinski definition) is 2. The fraction of sp³-hybridized carbons (Fsp3) is 0.538. The van der Waals surface area contributed by atoms with Crippen LogP contribution < -0.4 is 5.73 Å². The molecule has 0 spiro atoms. The van der Waals surface area contributed by atoms with Crippen LogP contribution in [0.4, 0.5) is 4.39 Å². The van der Waals surface area contributed by atoms with E-state index in [4.69, 9.17) is 5.73 Å². The molecular formula is C13H17BrFNS. The summed E-state index contributed by atoms with van der Waals surface area (Å²) in [6.45, 7) is 2.24. The van der Waals surface area contributed by atoms with Crippen LogP contribution in [0.1, 0.15) is 25.3 Å². The maximum absolute atomic E-state index is 13.0. The third-order valence-electron chi connectivity index (χ3n) is 3.49. The van der Waals surface area contributed by atoms with E-state index < -0.39 is 0 Å². The highest BCUT2D eigenvalue weighted by molar-refractivity contribution is 9.10. The molecule has 1 aromatic rings. The molecule has 2 unspecified atom stereocenters. The lowest BCUT2D eigenvalue weighted by atomic mass is 9.91. The summed E-state index contributed by atoms with van der Waals surface area (Å²) in [7, 11) is 0. The summed E-state index contributed by atoms with van der Waals surface area (Å²) in [5.74, 6) is 0.991. The molecule has 1 fully saturated rings. The van der Waals surface area contributed by atoms with Gasteiger partial charge >= 0.3 is 0 Å². The Morgan fingerprint density at radius 1 is 1.59 bits per heavy atom. The first kappa shape index (κ1) is 13.4. The van der Waals surface area contributed by atoms with Crippen LogP contribution in [0.2, 0.25) is 0 Å². The van der Waals surface area contributed by atoms with Gasteiger partial charge in [-0.25, -0.2) is 4.39 Å². The Hall–Kier alpha value is -0.0600. The van der Waals surface area contributed by atoms with E-state index in [1.54, 1.807) is 0 Å². The van der Waals surface area contributed by atoms with Crippen molar-refractivity contribution in [2.24, 2.45) is 5.73 Å². The predicted molar refractivity (Wildman–Crippen MR) is 75.9 cm³/mol. The second kappa shape index (κ2) is 5.29. The Kier molecular flexibility index (Phi) is 4.16. The molecule has 1 aromatic carbocycles. The normalized spacial score (nSPS) is 26.1. The topological polar surface area (TPSA) is 26.0 Å². The van der Waals surface area contributed by atoms with Crippen LogP contribution in [-0.4, -0.2) is 16.5 Å². The molecule has 0 bridgehead atoms. The summed E-state index contributed by atoms with van der Waals surface area (Å²) < 4.78 is 14.0. The van der Waals surface area contributed by atoms with E-state index >= 15 is 0 Å². The number of halogens is 2. The van der Waals surface area contributed by atoms with Gasteiger partial charge in [0.15, 0.2) is 0 Å². The van der Waals surface area contributed by atoms with Gasteiger partial charge in [-0.3, -0.25) is 0 Å². The highest BCUT2D eigenvalue weighted by Gasteiger charge is 2.35. The van der Waals surface area contributed by atoms with Crippen LogP contribution in [0.5, 0.6) is 0 Å². The van der Waals surface area contributed by atoms with E-state index in [9.17, 15) is 4.39 Å². The lowest BCUT2D eigenvalue weighted by molar-refractivity contribution is 0.481. The first-order valence-corrected chi connectivity index (χ1v) is 7.62. The largest absolute Gasteiger partial charge is 0.326 e. The van der Waals surface area contributed by atoms with Gasteiger partial charge in [0.25, 0.3) is 0 Å². The second-order valence-electron chi connectivity index (χ2n) is 4.81. The number of thioether (sulfide) groups is 1. The van der Waals surface area contributed by atoms with Crippen LogP contribution in [0.3, 0.4) is 0 Å². The average Bonchev–Trinajstić information content (AvgIpc) is 2.71. The number of hydrogen-bond donors (Lipinski definition) is 1. The Labute approximate surface area is 114 Å². The van der Waals surface area contributed by atoms with Crippen LogP contribution in [0, 0.1) is 5.82 Å². The summed E-state index contributed by atoms with van der Waals surface area (Å²) >= 11 is 5.37. The minimum absolute atomic E-state index is 0.122. The smallest absolute Gasteiger partial charge is 0.124 e. The van der Waals surface area contributed by atoms with Crippen LogP contribution >= 0.6 is 27.7 Å². The highest BCUT2D eigenvalue weighted by atomic mass is 79.9. The van der Waals surface area contributed by atoms with E-state index in [1.807, 2.05) is 17.8 Å². The monoisotopic (exact) mass is 317 g/mol. The third-order valence-corrected chi connectivity index (χ3v) is 5.89. The van der Waals surface area contributed by atoms with Crippen molar-refractivity contribution >= 4 is 27.7 Å². The fourth-order valence-electron chi connectivity index (χ4n) is 2.23. The molecule has 1 heterocycles. The van der Waals surface area contributed by atoms with Crippen molar-refractivity contribution in [3.63, 3.8) is 0 Å². The molecule has 2 atom stereocenters. The van der Waals surface area contributed by atoms with Crippen LogP contribution in [0.25, 0.3) is 0 Å². The molecule has 4 heteroatoms. The van der Waals surface area contributed by atoms with Gasteiger partial charge in [0, 0.05) is 15.3 Å². The van der Waals surface area contributed by atoms with Gasteiger partial charge < -0.3 is 5.73 Å². The van der Waals surface area contributed by atoms with Gasteiger partial charge in [-0.1, -0.05) is 22.0 Å². The van der Waals surface area contributed by atoms with E-state index in [0.717, 1.165) is 16.5 Å². The van der Waals surface area contributed by atoms with Crippen molar-refractivity contribution in [2.75, 3.05) is 5.75 Å². The molecule has 0 amide bonds. The Bertz CT molecular complexity index is 404. The average molecular weight is 318 g/mol. The van der Waals surface area contributed by atoms with Crippen molar-refractivity contribution < 1.29 is 4.39 Å². The molecule has 1 nitrogen and oxygen atoms in total. The standard InChI is InChI=1S/C13H17BrFNS/c1-13(5-2-6-17-13)12(16)7-9-3-4-10(15)8-11(9)14/h3-4,8,12H,2,5-7,16H2,1H3. The lowest BCUT2D eigenvalue weighted by Crippen LogP contribution is -2.42. The molecule has 17 heavy (non-hydrogen) atoms. The summed E-state index contributed by atoms with van der Waals surface area (Å²) in [6.07, 6.45) is 3.22. The summed E-state index contributed by atoms with van der Waals surface area (Å²) in [6, 6.07) is 4.95. The maximum Gasteiger partial charge on any atom is 0.124 e. The van der Waals surface area contributed by atoms with Gasteiger partial charge in [0.1, 0.15) is 5.82 Å². The van der Waals surface area contributed by atoms with Gasteiger partial charge in [0.2, 0.25) is 0 Å². The number of nitrogens with two attached hydrogens (primary N) is 1. The maximum atomic E-state index is 13.0. The zero-order valence-corrected chi connectivity index (χ0v) is 12.3. The minimum atomic E-state index is -0.212. The van der Waals surface area contributed by atoms with E-state index in [2.05, 4.69) is 22.9 Å². The van der Waals surface area contributed by atoms with Gasteiger partial charge in [-0.05, 0) is 49.6 Å². The molecule has 2 N–H and O–H groups in total. The van der Waals surface area contributed by atoms with Gasteiger partial charge in [0.05, 0.1) is 0 Å². The predicted octanol–water partition coefficient (Wildman–Crippen LogP) is 3.74. The van der Waals surface area contributed by atoms with Crippen molar-refractivity contribution in [3.8, 4) is 0 Å². The van der Waals surface area contributed by atoms with E-state index in [0.29, 0.717) is 0 Å². The summed E-state index contributed by atoms with van der Waals surface area (Å²) in [5.41, 5.74) is 7.41. The van der Waals surface area contributed by atoms with E-state index in [-0.39, 0.29) is 16.6 Å². The highest BCUT2D eigenvalue weighted by Crippen LogP contribution is 2.40. The van der Waals surface area contributed by atoms with E-state index in [1.165, 1.54) is 30.7 Å². The Morgan fingerprint density at radius 2 is 2.35 bits per heavy atom. The quantitative estimate of drug-likeness (QED) is 0.919. The molecule has 1 aliphatic heterocycles. The van der Waals surface area contributed by atoms with Gasteiger partial charge in [-0.2, -0.15) is 11.8 Å². The zero-order chi connectivity index (χ0) is 12.5. The molecule has 1 saturated heterocycles. The van der Waals surface area contributed by atoms with Crippen molar-refractivity contribution in [1.82, 2.24) is 0 Å². The number of rotatable bonds is 3. The molecule has 2 rings (SSSR count). The molecule has 0 aromatic heterocycles. The zero-order valence-electron chi connectivity index (χ0n) is 9.88. The van der Waals surface area contributed by atoms with Crippen LogP contribution in [0.15, 0.2) is 22.7 Å². The first-order valence-electron chi connectivity index (χ1n) is 5.85. The molecule has 0 aliphatic carbocycles. The molecule has 0 radical (unpaired) electrons. The SMILES string of the molecule is CC1(C(N)Cc2ccc(F)cc2Br)CCCS1. The Morgan fingerprint density at radius 3 is 2.94 bits per heavy atom. The minimum Gasteiger partial charge on any atom is -0.326 e. The van der Waals surface area contributed by atoms with Crippen molar-refractivity contribution in [1.29, 1.82) is 0 Å². The summed E-state index contributed by atoms with van der Waals surface area (Å²) in [5, 5.41) is 0. The number of benzene rings is 1.